The number of methoxy groups -OCH3 is 1. The van der Waals surface area contributed by atoms with Gasteiger partial charge in [-0.3, -0.25) is 14.5 Å². The predicted molar refractivity (Wildman–Crippen MR) is 118 cm³/mol. The number of benzene rings is 2. The minimum absolute atomic E-state index is 0.197. The number of rotatable bonds is 8. The van der Waals surface area contributed by atoms with Crippen molar-refractivity contribution in [3.63, 3.8) is 0 Å². The van der Waals surface area contributed by atoms with Crippen LogP contribution in [0.2, 0.25) is 0 Å². The molecular formula is C23H25NO5S. The van der Waals surface area contributed by atoms with Crippen molar-refractivity contribution in [2.75, 3.05) is 26.9 Å². The number of aryl methyl sites for hydroxylation is 2. The van der Waals surface area contributed by atoms with Crippen LogP contribution < -0.4 is 14.2 Å². The van der Waals surface area contributed by atoms with Gasteiger partial charge in [0.15, 0.2) is 11.5 Å². The summed E-state index contributed by atoms with van der Waals surface area (Å²) in [6.07, 6.45) is 1.69. The smallest absolute Gasteiger partial charge is 0.293 e. The zero-order valence-electron chi connectivity index (χ0n) is 17.6. The maximum atomic E-state index is 12.7. The van der Waals surface area contributed by atoms with Gasteiger partial charge in [0.2, 0.25) is 0 Å². The van der Waals surface area contributed by atoms with Gasteiger partial charge < -0.3 is 14.2 Å². The van der Waals surface area contributed by atoms with Crippen molar-refractivity contribution < 1.29 is 23.8 Å². The van der Waals surface area contributed by atoms with Gasteiger partial charge in [0.25, 0.3) is 11.1 Å². The highest BCUT2D eigenvalue weighted by molar-refractivity contribution is 8.18. The normalized spacial score (nSPS) is 15.1. The Morgan fingerprint density at radius 1 is 1.00 bits per heavy atom. The molecule has 0 N–H and O–H groups in total. The van der Waals surface area contributed by atoms with Crippen LogP contribution in [0.3, 0.4) is 0 Å². The zero-order chi connectivity index (χ0) is 21.7. The van der Waals surface area contributed by atoms with E-state index in [4.69, 9.17) is 14.2 Å². The van der Waals surface area contributed by atoms with Crippen molar-refractivity contribution in [2.24, 2.45) is 0 Å². The lowest BCUT2D eigenvalue weighted by molar-refractivity contribution is -0.123. The second-order valence-corrected chi connectivity index (χ2v) is 7.79. The molecule has 2 aromatic rings. The van der Waals surface area contributed by atoms with Gasteiger partial charge in [-0.15, -0.1) is 0 Å². The fourth-order valence-corrected chi connectivity index (χ4v) is 3.87. The van der Waals surface area contributed by atoms with Crippen LogP contribution in [-0.2, 0) is 4.79 Å². The van der Waals surface area contributed by atoms with E-state index >= 15 is 0 Å². The lowest BCUT2D eigenvalue weighted by Gasteiger charge is -2.14. The summed E-state index contributed by atoms with van der Waals surface area (Å²) in [5.41, 5.74) is 2.87. The zero-order valence-corrected chi connectivity index (χ0v) is 18.4. The molecule has 1 heterocycles. The SMILES string of the molecule is CCOc1cc(/C=C2\SC(=O)N(CCOc3cc(C)ccc3C)C2=O)ccc1OC. The van der Waals surface area contributed by atoms with Gasteiger partial charge in [-0.05, 0) is 73.5 Å². The van der Waals surface area contributed by atoms with E-state index in [2.05, 4.69) is 0 Å². The Kier molecular flexibility index (Phi) is 7.05. The Hall–Kier alpha value is -2.93. The first-order valence-electron chi connectivity index (χ1n) is 9.69. The maximum Gasteiger partial charge on any atom is 0.293 e. The number of imide groups is 1. The first kappa shape index (κ1) is 21.8. The van der Waals surface area contributed by atoms with Crippen LogP contribution in [0, 0.1) is 13.8 Å². The number of nitrogens with zero attached hydrogens (tertiary/aromatic N) is 1. The fourth-order valence-electron chi connectivity index (χ4n) is 3.01. The van der Waals surface area contributed by atoms with Crippen LogP contribution in [0.1, 0.15) is 23.6 Å². The standard InChI is InChI=1S/C23H25NO5S/c1-5-28-20-13-17(8-9-18(20)27-4)14-21-22(25)24(23(26)30-21)10-11-29-19-12-15(2)6-7-16(19)3/h6-9,12-14H,5,10-11H2,1-4H3/b21-14-. The van der Waals surface area contributed by atoms with Crippen molar-refractivity contribution in [3.8, 4) is 17.2 Å². The van der Waals surface area contributed by atoms with Gasteiger partial charge >= 0.3 is 0 Å². The summed E-state index contributed by atoms with van der Waals surface area (Å²) in [4.78, 5) is 26.7. The van der Waals surface area contributed by atoms with Crippen molar-refractivity contribution in [1.82, 2.24) is 4.90 Å². The lowest BCUT2D eigenvalue weighted by atomic mass is 10.1. The summed E-state index contributed by atoms with van der Waals surface area (Å²) in [7, 11) is 1.57. The molecular weight excluding hydrogens is 402 g/mol. The molecule has 158 valence electrons. The van der Waals surface area contributed by atoms with Crippen molar-refractivity contribution >= 4 is 29.0 Å². The van der Waals surface area contributed by atoms with E-state index in [1.807, 2.05) is 45.0 Å². The van der Waals surface area contributed by atoms with Crippen LogP contribution >= 0.6 is 11.8 Å². The molecule has 0 unspecified atom stereocenters. The van der Waals surface area contributed by atoms with Gasteiger partial charge in [0.05, 0.1) is 25.2 Å². The number of ether oxygens (including phenoxy) is 3. The first-order valence-corrected chi connectivity index (χ1v) is 10.5. The summed E-state index contributed by atoms with van der Waals surface area (Å²) >= 11 is 0.929. The molecule has 0 atom stereocenters. The average molecular weight is 428 g/mol. The quantitative estimate of drug-likeness (QED) is 0.563. The third-order valence-electron chi connectivity index (χ3n) is 4.57. The number of hydrogen-bond acceptors (Lipinski definition) is 6. The van der Waals surface area contributed by atoms with E-state index < -0.39 is 0 Å². The fraction of sp³-hybridized carbons (Fsp3) is 0.304. The third-order valence-corrected chi connectivity index (χ3v) is 5.48. The summed E-state index contributed by atoms with van der Waals surface area (Å²) in [5, 5.41) is -0.297. The maximum absolute atomic E-state index is 12.7. The molecule has 1 fully saturated rings. The molecule has 1 aliphatic rings. The Labute approximate surface area is 180 Å². The first-order chi connectivity index (χ1) is 14.4. The minimum atomic E-state index is -0.316. The molecule has 2 amide bonds. The molecule has 1 aliphatic heterocycles. The molecule has 0 aromatic heterocycles. The molecule has 2 aromatic carbocycles. The van der Waals surface area contributed by atoms with Crippen molar-refractivity contribution in [3.05, 3.63) is 58.0 Å². The highest BCUT2D eigenvalue weighted by Crippen LogP contribution is 2.34. The second kappa shape index (κ2) is 9.71. The predicted octanol–water partition coefficient (Wildman–Crippen LogP) is 4.83. The van der Waals surface area contributed by atoms with Gasteiger partial charge in [-0.1, -0.05) is 18.2 Å². The monoisotopic (exact) mass is 427 g/mol. The number of amides is 2. The molecule has 7 heteroatoms. The van der Waals surface area contributed by atoms with E-state index in [1.54, 1.807) is 25.3 Å². The van der Waals surface area contributed by atoms with E-state index in [1.165, 1.54) is 4.90 Å². The number of thioether (sulfide) groups is 1. The summed E-state index contributed by atoms with van der Waals surface area (Å²) < 4.78 is 16.6. The highest BCUT2D eigenvalue weighted by atomic mass is 32.2. The van der Waals surface area contributed by atoms with E-state index in [9.17, 15) is 9.59 Å². The molecule has 0 aliphatic carbocycles. The van der Waals surface area contributed by atoms with E-state index in [0.717, 1.165) is 34.2 Å². The molecule has 30 heavy (non-hydrogen) atoms. The summed E-state index contributed by atoms with van der Waals surface area (Å²) in [5.74, 6) is 1.66. The number of hydrogen-bond donors (Lipinski definition) is 0. The van der Waals surface area contributed by atoms with Crippen LogP contribution in [-0.4, -0.2) is 42.9 Å². The summed E-state index contributed by atoms with van der Waals surface area (Å²) in [6.45, 7) is 6.77. The largest absolute Gasteiger partial charge is 0.493 e. The molecule has 0 saturated carbocycles. The Bertz CT molecular complexity index is 986. The van der Waals surface area contributed by atoms with Crippen LogP contribution in [0.4, 0.5) is 4.79 Å². The highest BCUT2D eigenvalue weighted by Gasteiger charge is 2.34. The molecule has 6 nitrogen and oxygen atoms in total. The van der Waals surface area contributed by atoms with E-state index in [-0.39, 0.29) is 24.3 Å². The second-order valence-electron chi connectivity index (χ2n) is 6.79. The molecule has 3 rings (SSSR count). The van der Waals surface area contributed by atoms with Gasteiger partial charge in [0, 0.05) is 0 Å². The molecule has 0 spiro atoms. The Balaban J connectivity index is 1.68. The van der Waals surface area contributed by atoms with Crippen LogP contribution in [0.15, 0.2) is 41.3 Å². The van der Waals surface area contributed by atoms with Gasteiger partial charge in [-0.2, -0.15) is 0 Å². The van der Waals surface area contributed by atoms with Crippen LogP contribution in [0.25, 0.3) is 6.08 Å². The van der Waals surface area contributed by atoms with Crippen molar-refractivity contribution in [1.29, 1.82) is 0 Å². The summed E-state index contributed by atoms with van der Waals surface area (Å²) in [6, 6.07) is 11.3. The topological polar surface area (TPSA) is 65.1 Å². The van der Waals surface area contributed by atoms with Crippen molar-refractivity contribution in [2.45, 2.75) is 20.8 Å². The lowest BCUT2D eigenvalue weighted by Crippen LogP contribution is -2.32. The number of carbonyl (C=O) groups is 2. The molecule has 0 radical (unpaired) electrons. The average Bonchev–Trinajstić information content (AvgIpc) is 2.98. The Morgan fingerprint density at radius 2 is 1.80 bits per heavy atom. The molecule has 0 bridgehead atoms. The van der Waals surface area contributed by atoms with Crippen LogP contribution in [0.5, 0.6) is 17.2 Å². The van der Waals surface area contributed by atoms with Gasteiger partial charge in [0.1, 0.15) is 12.4 Å². The van der Waals surface area contributed by atoms with E-state index in [0.29, 0.717) is 23.0 Å². The Morgan fingerprint density at radius 3 is 2.53 bits per heavy atom. The number of carbonyl (C=O) groups excluding carboxylic acids is 2. The third kappa shape index (κ3) is 4.97. The minimum Gasteiger partial charge on any atom is -0.493 e. The molecule has 1 saturated heterocycles. The van der Waals surface area contributed by atoms with Gasteiger partial charge in [-0.25, -0.2) is 0 Å².